The molecule has 0 aliphatic heterocycles. The molecular formula is C12H15FN2O3S. The maximum atomic E-state index is 13.2. The summed E-state index contributed by atoms with van der Waals surface area (Å²) in [6.45, 7) is 1.30. The number of carbonyl (C=O) groups is 1. The quantitative estimate of drug-likeness (QED) is 0.844. The molecule has 104 valence electrons. The van der Waals surface area contributed by atoms with Gasteiger partial charge >= 0.3 is 0 Å². The van der Waals surface area contributed by atoms with Crippen molar-refractivity contribution in [3.8, 4) is 0 Å². The minimum Gasteiger partial charge on any atom is -0.352 e. The maximum absolute atomic E-state index is 13.2. The van der Waals surface area contributed by atoms with E-state index in [0.717, 1.165) is 25.0 Å². The van der Waals surface area contributed by atoms with E-state index in [1.807, 2.05) is 0 Å². The van der Waals surface area contributed by atoms with E-state index in [2.05, 4.69) is 10.0 Å². The largest absolute Gasteiger partial charge is 0.352 e. The van der Waals surface area contributed by atoms with Crippen LogP contribution in [0.3, 0.4) is 0 Å². The van der Waals surface area contributed by atoms with Gasteiger partial charge in [-0.25, -0.2) is 17.5 Å². The van der Waals surface area contributed by atoms with Crippen molar-refractivity contribution in [1.82, 2.24) is 10.0 Å². The molecule has 0 radical (unpaired) electrons. The van der Waals surface area contributed by atoms with Crippen LogP contribution >= 0.6 is 0 Å². The highest BCUT2D eigenvalue weighted by molar-refractivity contribution is 7.89. The van der Waals surface area contributed by atoms with Crippen LogP contribution in [0.2, 0.25) is 0 Å². The summed E-state index contributed by atoms with van der Waals surface area (Å²) < 4.78 is 40.0. The van der Waals surface area contributed by atoms with Crippen molar-refractivity contribution in [2.45, 2.75) is 37.2 Å². The van der Waals surface area contributed by atoms with Gasteiger partial charge in [0.15, 0.2) is 0 Å². The van der Waals surface area contributed by atoms with Crippen LogP contribution in [0.25, 0.3) is 0 Å². The Bertz CT molecular complexity index is 597. The molecule has 0 bridgehead atoms. The zero-order valence-electron chi connectivity index (χ0n) is 10.4. The fourth-order valence-electron chi connectivity index (χ4n) is 1.65. The van der Waals surface area contributed by atoms with E-state index in [4.69, 9.17) is 0 Å². The van der Waals surface area contributed by atoms with Crippen LogP contribution in [-0.2, 0) is 21.4 Å². The minimum atomic E-state index is -3.66. The Hall–Kier alpha value is -1.47. The molecule has 2 rings (SSSR count). The lowest BCUT2D eigenvalue weighted by atomic mass is 10.2. The van der Waals surface area contributed by atoms with Gasteiger partial charge in [-0.15, -0.1) is 0 Å². The van der Waals surface area contributed by atoms with Crippen LogP contribution < -0.4 is 10.0 Å². The first-order chi connectivity index (χ1) is 8.88. The van der Waals surface area contributed by atoms with E-state index in [-0.39, 0.29) is 29.0 Å². The number of rotatable bonds is 5. The van der Waals surface area contributed by atoms with Gasteiger partial charge in [0.1, 0.15) is 5.82 Å². The molecule has 0 spiro atoms. The highest BCUT2D eigenvalue weighted by atomic mass is 32.2. The first kappa shape index (κ1) is 14.0. The number of amides is 1. The van der Waals surface area contributed by atoms with Crippen LogP contribution in [0.1, 0.15) is 25.3 Å². The van der Waals surface area contributed by atoms with E-state index < -0.39 is 15.8 Å². The Morgan fingerprint density at radius 3 is 2.68 bits per heavy atom. The van der Waals surface area contributed by atoms with Crippen LogP contribution in [0.15, 0.2) is 23.1 Å². The van der Waals surface area contributed by atoms with Gasteiger partial charge in [-0.3, -0.25) is 4.79 Å². The SMILES string of the molecule is CC(=O)NCc1cc(F)ccc1S(=O)(=O)NC1CC1. The summed E-state index contributed by atoms with van der Waals surface area (Å²) in [5.74, 6) is -0.839. The fraction of sp³-hybridized carbons (Fsp3) is 0.417. The molecule has 0 saturated heterocycles. The lowest BCUT2D eigenvalue weighted by Crippen LogP contribution is -2.28. The third-order valence-electron chi connectivity index (χ3n) is 2.74. The normalized spacial score (nSPS) is 15.3. The number of halogens is 1. The van der Waals surface area contributed by atoms with E-state index in [1.54, 1.807) is 0 Å². The van der Waals surface area contributed by atoms with Gasteiger partial charge in [-0.05, 0) is 36.6 Å². The van der Waals surface area contributed by atoms with Crippen molar-refractivity contribution < 1.29 is 17.6 Å². The Labute approximate surface area is 111 Å². The second-order valence-corrected chi connectivity index (χ2v) is 6.24. The minimum absolute atomic E-state index is 0.00884. The molecule has 1 saturated carbocycles. The monoisotopic (exact) mass is 286 g/mol. The average Bonchev–Trinajstić information content (AvgIpc) is 3.09. The maximum Gasteiger partial charge on any atom is 0.241 e. The third kappa shape index (κ3) is 3.74. The summed E-state index contributed by atoms with van der Waals surface area (Å²) in [6, 6.07) is 3.41. The van der Waals surface area contributed by atoms with Gasteiger partial charge in [0.25, 0.3) is 0 Å². The molecule has 0 aromatic heterocycles. The van der Waals surface area contributed by atoms with E-state index in [9.17, 15) is 17.6 Å². The van der Waals surface area contributed by atoms with Crippen LogP contribution in [-0.4, -0.2) is 20.4 Å². The highest BCUT2D eigenvalue weighted by Gasteiger charge is 2.29. The summed E-state index contributed by atoms with van der Waals surface area (Å²) in [5, 5.41) is 2.47. The molecule has 5 nitrogen and oxygen atoms in total. The first-order valence-electron chi connectivity index (χ1n) is 5.94. The van der Waals surface area contributed by atoms with Crippen molar-refractivity contribution in [1.29, 1.82) is 0 Å². The number of carbonyl (C=O) groups excluding carboxylic acids is 1. The molecule has 1 aromatic rings. The van der Waals surface area contributed by atoms with Crippen LogP contribution in [0.5, 0.6) is 0 Å². The van der Waals surface area contributed by atoms with Gasteiger partial charge in [0, 0.05) is 19.5 Å². The van der Waals surface area contributed by atoms with Crippen molar-refractivity contribution in [3.63, 3.8) is 0 Å². The Morgan fingerprint density at radius 1 is 1.42 bits per heavy atom. The molecule has 19 heavy (non-hydrogen) atoms. The van der Waals surface area contributed by atoms with Gasteiger partial charge in [0.05, 0.1) is 4.90 Å². The van der Waals surface area contributed by atoms with E-state index in [1.165, 1.54) is 13.0 Å². The third-order valence-corrected chi connectivity index (χ3v) is 4.36. The standard InChI is InChI=1S/C12H15FN2O3S/c1-8(16)14-7-9-6-10(13)2-5-12(9)19(17,18)15-11-3-4-11/h2,5-6,11,15H,3-4,7H2,1H3,(H,14,16). The van der Waals surface area contributed by atoms with E-state index in [0.29, 0.717) is 0 Å². The number of hydrogen-bond donors (Lipinski definition) is 2. The Kier molecular flexibility index (Phi) is 3.86. The number of nitrogens with one attached hydrogen (secondary N) is 2. The van der Waals surface area contributed by atoms with Gasteiger partial charge in [0.2, 0.25) is 15.9 Å². The fourth-order valence-corrected chi connectivity index (χ4v) is 3.18. The highest BCUT2D eigenvalue weighted by Crippen LogP contribution is 2.24. The summed E-state index contributed by atoms with van der Waals surface area (Å²) in [7, 11) is -3.66. The summed E-state index contributed by atoms with van der Waals surface area (Å²) in [4.78, 5) is 10.9. The average molecular weight is 286 g/mol. The van der Waals surface area contributed by atoms with Gasteiger partial charge in [-0.2, -0.15) is 0 Å². The van der Waals surface area contributed by atoms with E-state index >= 15 is 0 Å². The molecule has 1 aliphatic carbocycles. The van der Waals surface area contributed by atoms with Crippen LogP contribution in [0, 0.1) is 5.82 Å². The topological polar surface area (TPSA) is 75.3 Å². The molecule has 1 fully saturated rings. The molecule has 0 atom stereocenters. The molecule has 1 aromatic carbocycles. The second kappa shape index (κ2) is 5.26. The Morgan fingerprint density at radius 2 is 2.11 bits per heavy atom. The molecule has 0 unspecified atom stereocenters. The number of sulfonamides is 1. The van der Waals surface area contributed by atoms with Crippen molar-refractivity contribution in [2.75, 3.05) is 0 Å². The predicted molar refractivity (Wildman–Crippen MR) is 67.3 cm³/mol. The zero-order valence-corrected chi connectivity index (χ0v) is 11.3. The zero-order chi connectivity index (χ0) is 14.0. The van der Waals surface area contributed by atoms with Crippen molar-refractivity contribution in [3.05, 3.63) is 29.6 Å². The molecule has 1 amide bonds. The molecule has 0 heterocycles. The van der Waals surface area contributed by atoms with Crippen molar-refractivity contribution >= 4 is 15.9 Å². The predicted octanol–water partition coefficient (Wildman–Crippen LogP) is 0.902. The Balaban J connectivity index is 2.29. The second-order valence-electron chi connectivity index (χ2n) is 4.56. The smallest absolute Gasteiger partial charge is 0.241 e. The lowest BCUT2D eigenvalue weighted by Gasteiger charge is -2.11. The van der Waals surface area contributed by atoms with Gasteiger partial charge < -0.3 is 5.32 Å². The summed E-state index contributed by atoms with van der Waals surface area (Å²) >= 11 is 0. The molecule has 1 aliphatic rings. The molecule has 7 heteroatoms. The number of hydrogen-bond acceptors (Lipinski definition) is 3. The number of benzene rings is 1. The summed E-state index contributed by atoms with van der Waals surface area (Å²) in [5.41, 5.74) is 0.239. The van der Waals surface area contributed by atoms with Crippen molar-refractivity contribution in [2.24, 2.45) is 0 Å². The molecular weight excluding hydrogens is 271 g/mol. The summed E-state index contributed by atoms with van der Waals surface area (Å²) in [6.07, 6.45) is 1.64. The first-order valence-corrected chi connectivity index (χ1v) is 7.42. The lowest BCUT2D eigenvalue weighted by molar-refractivity contribution is -0.119. The molecule has 2 N–H and O–H groups in total. The van der Waals surface area contributed by atoms with Gasteiger partial charge in [-0.1, -0.05) is 0 Å². The van der Waals surface area contributed by atoms with Crippen LogP contribution in [0.4, 0.5) is 4.39 Å².